The molecule has 0 bridgehead atoms. The third kappa shape index (κ3) is 3.71. The molecule has 142 valence electrons. The third-order valence-corrected chi connectivity index (χ3v) is 4.97. The maximum absolute atomic E-state index is 12.6. The fourth-order valence-electron chi connectivity index (χ4n) is 3.15. The van der Waals surface area contributed by atoms with E-state index in [1.807, 2.05) is 38.1 Å². The van der Waals surface area contributed by atoms with E-state index in [2.05, 4.69) is 5.32 Å². The molecule has 3 aromatic rings. The Kier molecular flexibility index (Phi) is 5.56. The molecule has 0 aliphatic heterocycles. The lowest BCUT2D eigenvalue weighted by molar-refractivity contribution is -0.116. The summed E-state index contributed by atoms with van der Waals surface area (Å²) in [4.78, 5) is 25.1. The summed E-state index contributed by atoms with van der Waals surface area (Å²) in [5, 5.41) is 3.42. The smallest absolute Gasteiger partial charge is 0.329 e. The van der Waals surface area contributed by atoms with Gasteiger partial charge in [-0.3, -0.25) is 13.9 Å². The number of anilines is 1. The van der Waals surface area contributed by atoms with E-state index in [1.54, 1.807) is 21.3 Å². The van der Waals surface area contributed by atoms with Gasteiger partial charge in [0.2, 0.25) is 5.91 Å². The molecule has 1 N–H and O–H groups in total. The zero-order valence-electron chi connectivity index (χ0n) is 15.6. The monoisotopic (exact) mass is 387 g/mol. The Morgan fingerprint density at radius 2 is 1.85 bits per heavy atom. The van der Waals surface area contributed by atoms with Gasteiger partial charge in [0.05, 0.1) is 23.8 Å². The van der Waals surface area contributed by atoms with Crippen LogP contribution in [0.1, 0.15) is 18.9 Å². The lowest BCUT2D eigenvalue weighted by Crippen LogP contribution is -2.25. The summed E-state index contributed by atoms with van der Waals surface area (Å²) in [6, 6.07) is 11.0. The molecule has 1 heterocycles. The molecule has 0 unspecified atom stereocenters. The van der Waals surface area contributed by atoms with E-state index in [-0.39, 0.29) is 18.0 Å². The van der Waals surface area contributed by atoms with E-state index >= 15 is 0 Å². The Bertz CT molecular complexity index is 1050. The largest absolute Gasteiger partial charge is 0.495 e. The molecule has 0 saturated carbocycles. The molecule has 0 atom stereocenters. The molecule has 2 aromatic carbocycles. The summed E-state index contributed by atoms with van der Waals surface area (Å²) >= 11 is 6.10. The van der Waals surface area contributed by atoms with Crippen LogP contribution in [0, 0.1) is 6.92 Å². The molecular formula is C20H22ClN3O3. The summed E-state index contributed by atoms with van der Waals surface area (Å²) in [5.41, 5.74) is 3.01. The van der Waals surface area contributed by atoms with Crippen molar-refractivity contribution in [3.05, 3.63) is 57.5 Å². The van der Waals surface area contributed by atoms with Crippen molar-refractivity contribution >= 4 is 34.2 Å². The second-order valence-electron chi connectivity index (χ2n) is 6.27. The van der Waals surface area contributed by atoms with E-state index in [4.69, 9.17) is 16.3 Å². The summed E-state index contributed by atoms with van der Waals surface area (Å²) in [5.74, 6) is 0.300. The average Bonchev–Trinajstić information content (AvgIpc) is 2.93. The first kappa shape index (κ1) is 19.0. The lowest BCUT2D eigenvalue weighted by Gasteiger charge is -2.12. The summed E-state index contributed by atoms with van der Waals surface area (Å²) < 4.78 is 8.63. The average molecular weight is 388 g/mol. The number of imidazole rings is 1. The number of aryl methyl sites for hydroxylation is 3. The second kappa shape index (κ2) is 7.88. The highest BCUT2D eigenvalue weighted by atomic mass is 35.5. The van der Waals surface area contributed by atoms with Crippen molar-refractivity contribution in [1.82, 2.24) is 9.13 Å². The Morgan fingerprint density at radius 1 is 1.19 bits per heavy atom. The fourth-order valence-corrected chi connectivity index (χ4v) is 3.30. The van der Waals surface area contributed by atoms with Gasteiger partial charge in [-0.1, -0.05) is 23.7 Å². The van der Waals surface area contributed by atoms with Crippen LogP contribution in [0.5, 0.6) is 5.75 Å². The maximum Gasteiger partial charge on any atom is 0.329 e. The highest BCUT2D eigenvalue weighted by Gasteiger charge is 2.14. The number of ether oxygens (including phenoxy) is 1. The molecule has 0 aliphatic carbocycles. The van der Waals surface area contributed by atoms with Crippen molar-refractivity contribution in [3.8, 4) is 5.75 Å². The second-order valence-corrected chi connectivity index (χ2v) is 6.67. The maximum atomic E-state index is 12.6. The van der Waals surface area contributed by atoms with Crippen LogP contribution in [0.25, 0.3) is 11.0 Å². The number of fused-ring (bicyclic) bond motifs is 1. The highest BCUT2D eigenvalue weighted by Crippen LogP contribution is 2.31. The zero-order chi connectivity index (χ0) is 19.6. The number of hydrogen-bond acceptors (Lipinski definition) is 3. The SMILES string of the molecule is CCn1c(=O)n(CCC(=O)Nc2cc(C)c(Cl)cc2OC)c2ccccc21. The molecule has 6 nitrogen and oxygen atoms in total. The standard InChI is InChI=1S/C20H22ClN3O3/c1-4-23-16-7-5-6-8-17(16)24(20(23)26)10-9-19(25)22-15-11-13(2)14(21)12-18(15)27-3/h5-8,11-12H,4,9-10H2,1-3H3,(H,22,25). The van der Waals surface area contributed by atoms with E-state index in [0.717, 1.165) is 16.6 Å². The Hall–Kier alpha value is -2.73. The van der Waals surface area contributed by atoms with Gasteiger partial charge in [-0.05, 0) is 37.6 Å². The Labute approximate surface area is 162 Å². The van der Waals surface area contributed by atoms with Crippen LogP contribution < -0.4 is 15.7 Å². The molecule has 0 saturated heterocycles. The van der Waals surface area contributed by atoms with Gasteiger partial charge in [-0.25, -0.2) is 4.79 Å². The number of nitrogens with zero attached hydrogens (tertiary/aromatic N) is 2. The summed E-state index contributed by atoms with van der Waals surface area (Å²) in [7, 11) is 1.52. The number of para-hydroxylation sites is 2. The van der Waals surface area contributed by atoms with Crippen molar-refractivity contribution in [2.75, 3.05) is 12.4 Å². The van der Waals surface area contributed by atoms with Crippen LogP contribution >= 0.6 is 11.6 Å². The predicted octanol–water partition coefficient (Wildman–Crippen LogP) is 3.82. The highest BCUT2D eigenvalue weighted by molar-refractivity contribution is 6.31. The molecule has 1 amide bonds. The molecule has 0 radical (unpaired) electrons. The number of carbonyl (C=O) groups is 1. The van der Waals surface area contributed by atoms with Crippen molar-refractivity contribution in [1.29, 1.82) is 0 Å². The predicted molar refractivity (Wildman–Crippen MR) is 108 cm³/mol. The third-order valence-electron chi connectivity index (χ3n) is 4.56. The normalized spacial score (nSPS) is 11.0. The van der Waals surface area contributed by atoms with Crippen molar-refractivity contribution in [3.63, 3.8) is 0 Å². The van der Waals surface area contributed by atoms with Crippen LogP contribution in [0.4, 0.5) is 5.69 Å². The van der Waals surface area contributed by atoms with Crippen LogP contribution in [0.3, 0.4) is 0 Å². The first-order valence-corrected chi connectivity index (χ1v) is 9.16. The Balaban J connectivity index is 1.80. The van der Waals surface area contributed by atoms with Crippen molar-refractivity contribution in [2.45, 2.75) is 33.4 Å². The van der Waals surface area contributed by atoms with Crippen molar-refractivity contribution < 1.29 is 9.53 Å². The number of carbonyl (C=O) groups excluding carboxylic acids is 1. The van der Waals surface area contributed by atoms with E-state index in [0.29, 0.717) is 29.5 Å². The van der Waals surface area contributed by atoms with Crippen LogP contribution in [-0.4, -0.2) is 22.2 Å². The lowest BCUT2D eigenvalue weighted by atomic mass is 10.2. The molecule has 0 spiro atoms. The molecule has 0 aliphatic rings. The van der Waals surface area contributed by atoms with Crippen molar-refractivity contribution in [2.24, 2.45) is 0 Å². The molecule has 0 fully saturated rings. The minimum absolute atomic E-state index is 0.105. The number of aromatic nitrogens is 2. The topological polar surface area (TPSA) is 65.3 Å². The minimum atomic E-state index is -0.199. The van der Waals surface area contributed by atoms with Gasteiger partial charge in [-0.15, -0.1) is 0 Å². The summed E-state index contributed by atoms with van der Waals surface area (Å²) in [6.07, 6.45) is 0.169. The van der Waals surface area contributed by atoms with Crippen LogP contribution in [-0.2, 0) is 17.9 Å². The fraction of sp³-hybridized carbons (Fsp3) is 0.300. The van der Waals surface area contributed by atoms with E-state index < -0.39 is 0 Å². The van der Waals surface area contributed by atoms with E-state index in [1.165, 1.54) is 7.11 Å². The molecule has 27 heavy (non-hydrogen) atoms. The number of benzene rings is 2. The number of hydrogen-bond donors (Lipinski definition) is 1. The van der Waals surface area contributed by atoms with Gasteiger partial charge in [0.25, 0.3) is 0 Å². The quantitative estimate of drug-likeness (QED) is 0.699. The summed E-state index contributed by atoms with van der Waals surface area (Å²) in [6.45, 7) is 4.67. The van der Waals surface area contributed by atoms with Gasteiger partial charge in [-0.2, -0.15) is 0 Å². The molecular weight excluding hydrogens is 366 g/mol. The van der Waals surface area contributed by atoms with Gasteiger partial charge in [0.15, 0.2) is 0 Å². The number of methoxy groups -OCH3 is 1. The minimum Gasteiger partial charge on any atom is -0.495 e. The first-order chi connectivity index (χ1) is 13.0. The van der Waals surface area contributed by atoms with Gasteiger partial charge < -0.3 is 10.1 Å². The van der Waals surface area contributed by atoms with Gasteiger partial charge >= 0.3 is 5.69 Å². The van der Waals surface area contributed by atoms with E-state index in [9.17, 15) is 9.59 Å². The van der Waals surface area contributed by atoms with Crippen LogP contribution in [0.15, 0.2) is 41.2 Å². The zero-order valence-corrected chi connectivity index (χ0v) is 16.3. The van der Waals surface area contributed by atoms with Crippen LogP contribution in [0.2, 0.25) is 5.02 Å². The molecule has 1 aromatic heterocycles. The van der Waals surface area contributed by atoms with Gasteiger partial charge in [0.1, 0.15) is 5.75 Å². The van der Waals surface area contributed by atoms with Gasteiger partial charge in [0, 0.05) is 30.6 Å². The molecule has 7 heteroatoms. The Morgan fingerprint density at radius 3 is 2.48 bits per heavy atom. The number of amides is 1. The first-order valence-electron chi connectivity index (χ1n) is 8.78. The number of nitrogens with one attached hydrogen (secondary N) is 1. The number of halogens is 1. The number of rotatable bonds is 6. The molecule has 3 rings (SSSR count).